The Labute approximate surface area is 134 Å². The van der Waals surface area contributed by atoms with Gasteiger partial charge in [0.2, 0.25) is 5.76 Å². The number of esters is 1. The minimum absolute atomic E-state index is 0.0740. The molecule has 1 atom stereocenters. The number of ether oxygens (including phenoxy) is 1. The summed E-state index contributed by atoms with van der Waals surface area (Å²) in [4.78, 5) is 12.3. The highest BCUT2D eigenvalue weighted by Crippen LogP contribution is 2.36. The monoisotopic (exact) mass is 336 g/mol. The lowest BCUT2D eigenvalue weighted by Gasteiger charge is -2.03. The fourth-order valence-corrected chi connectivity index (χ4v) is 3.15. The summed E-state index contributed by atoms with van der Waals surface area (Å²) in [5.74, 6) is 0.816. The van der Waals surface area contributed by atoms with Crippen molar-refractivity contribution >= 4 is 29.1 Å². The number of hydrogen-bond donors (Lipinski definition) is 0. The van der Waals surface area contributed by atoms with Crippen LogP contribution in [-0.2, 0) is 4.74 Å². The zero-order chi connectivity index (χ0) is 15.5. The van der Waals surface area contributed by atoms with Gasteiger partial charge in [-0.1, -0.05) is 17.8 Å². The third-order valence-electron chi connectivity index (χ3n) is 2.83. The zero-order valence-electron chi connectivity index (χ0n) is 11.8. The summed E-state index contributed by atoms with van der Waals surface area (Å²) in [6.45, 7) is 1.93. The molecule has 0 saturated carbocycles. The second-order valence-electron chi connectivity index (χ2n) is 4.30. The van der Waals surface area contributed by atoms with E-state index in [0.717, 1.165) is 4.88 Å². The topological polar surface area (TPSA) is 78.4 Å². The Kier molecular flexibility index (Phi) is 4.30. The standard InChI is InChI=1S/C14H12N2O4S2/c1-8(9-5-6-10(19-9)13(17)18-2)22-14-16-15-12(20-14)11-4-3-7-21-11/h3-8H,1-2H3. The maximum absolute atomic E-state index is 11.4. The molecule has 0 bridgehead atoms. The summed E-state index contributed by atoms with van der Waals surface area (Å²) < 4.78 is 15.7. The molecule has 22 heavy (non-hydrogen) atoms. The lowest BCUT2D eigenvalue weighted by atomic mass is 10.3. The van der Waals surface area contributed by atoms with Crippen molar-refractivity contribution in [2.75, 3.05) is 7.11 Å². The minimum Gasteiger partial charge on any atom is -0.463 e. The normalized spacial score (nSPS) is 12.3. The molecular formula is C14H12N2O4S2. The van der Waals surface area contributed by atoms with E-state index in [9.17, 15) is 4.79 Å². The summed E-state index contributed by atoms with van der Waals surface area (Å²) in [6, 6.07) is 7.17. The number of furan rings is 1. The van der Waals surface area contributed by atoms with Crippen LogP contribution in [0.5, 0.6) is 0 Å². The average Bonchev–Trinajstić information content (AvgIpc) is 3.25. The number of hydrogen-bond acceptors (Lipinski definition) is 8. The predicted octanol–water partition coefficient (Wildman–Crippen LogP) is 4.03. The Morgan fingerprint density at radius 3 is 2.91 bits per heavy atom. The number of carbonyl (C=O) groups is 1. The van der Waals surface area contributed by atoms with Gasteiger partial charge in [-0.05, 0) is 30.5 Å². The number of rotatable bonds is 5. The largest absolute Gasteiger partial charge is 0.463 e. The molecule has 3 aromatic heterocycles. The van der Waals surface area contributed by atoms with E-state index in [0.29, 0.717) is 16.9 Å². The molecule has 3 rings (SSSR count). The van der Waals surface area contributed by atoms with Crippen molar-refractivity contribution in [1.29, 1.82) is 0 Å². The summed E-state index contributed by atoms with van der Waals surface area (Å²) in [7, 11) is 1.31. The van der Waals surface area contributed by atoms with Crippen LogP contribution in [0.2, 0.25) is 0 Å². The fourth-order valence-electron chi connectivity index (χ4n) is 1.75. The highest BCUT2D eigenvalue weighted by molar-refractivity contribution is 7.99. The molecule has 0 aliphatic heterocycles. The van der Waals surface area contributed by atoms with Crippen molar-refractivity contribution in [2.24, 2.45) is 0 Å². The second-order valence-corrected chi connectivity index (χ2v) is 6.54. The molecule has 0 aliphatic rings. The molecule has 0 aliphatic carbocycles. The van der Waals surface area contributed by atoms with Crippen LogP contribution >= 0.6 is 23.1 Å². The van der Waals surface area contributed by atoms with Gasteiger partial charge in [-0.3, -0.25) is 0 Å². The lowest BCUT2D eigenvalue weighted by Crippen LogP contribution is -1.98. The van der Waals surface area contributed by atoms with E-state index < -0.39 is 5.97 Å². The van der Waals surface area contributed by atoms with Gasteiger partial charge in [-0.2, -0.15) is 0 Å². The van der Waals surface area contributed by atoms with Crippen molar-refractivity contribution in [3.63, 3.8) is 0 Å². The van der Waals surface area contributed by atoms with Crippen LogP contribution in [-0.4, -0.2) is 23.3 Å². The summed E-state index contributed by atoms with van der Waals surface area (Å²) in [5, 5.41) is 10.4. The lowest BCUT2D eigenvalue weighted by molar-refractivity contribution is 0.0563. The molecule has 3 heterocycles. The molecule has 8 heteroatoms. The van der Waals surface area contributed by atoms with E-state index in [1.54, 1.807) is 12.1 Å². The van der Waals surface area contributed by atoms with E-state index in [2.05, 4.69) is 14.9 Å². The highest BCUT2D eigenvalue weighted by atomic mass is 32.2. The smallest absolute Gasteiger partial charge is 0.373 e. The van der Waals surface area contributed by atoms with E-state index in [1.165, 1.54) is 30.2 Å². The molecule has 0 amide bonds. The molecule has 3 aromatic rings. The van der Waals surface area contributed by atoms with Crippen LogP contribution < -0.4 is 0 Å². The van der Waals surface area contributed by atoms with E-state index in [-0.39, 0.29) is 11.0 Å². The molecule has 0 aromatic carbocycles. The van der Waals surface area contributed by atoms with Crippen molar-refractivity contribution in [2.45, 2.75) is 17.4 Å². The predicted molar refractivity (Wildman–Crippen MR) is 81.9 cm³/mol. The number of carbonyl (C=O) groups excluding carboxylic acids is 1. The van der Waals surface area contributed by atoms with Crippen LogP contribution in [0.15, 0.2) is 43.7 Å². The van der Waals surface area contributed by atoms with Crippen molar-refractivity contribution in [3.05, 3.63) is 41.2 Å². The molecule has 0 fully saturated rings. The van der Waals surface area contributed by atoms with Crippen molar-refractivity contribution in [1.82, 2.24) is 10.2 Å². The Bertz CT molecular complexity index is 764. The Balaban J connectivity index is 1.70. The van der Waals surface area contributed by atoms with Gasteiger partial charge in [0.15, 0.2) is 0 Å². The second kappa shape index (κ2) is 6.37. The SMILES string of the molecule is COC(=O)c1ccc(C(C)Sc2nnc(-c3cccs3)o2)o1. The number of nitrogens with zero attached hydrogens (tertiary/aromatic N) is 2. The van der Waals surface area contributed by atoms with Crippen molar-refractivity contribution in [3.8, 4) is 10.8 Å². The van der Waals surface area contributed by atoms with Gasteiger partial charge in [0.05, 0.1) is 17.2 Å². The number of aromatic nitrogens is 2. The van der Waals surface area contributed by atoms with Crippen LogP contribution in [0.3, 0.4) is 0 Å². The maximum atomic E-state index is 11.4. The first-order valence-electron chi connectivity index (χ1n) is 6.39. The van der Waals surface area contributed by atoms with Crippen LogP contribution in [0, 0.1) is 0 Å². The molecule has 0 saturated heterocycles. The third kappa shape index (κ3) is 3.07. The van der Waals surface area contributed by atoms with Crippen LogP contribution in [0.1, 0.15) is 28.5 Å². The Morgan fingerprint density at radius 2 is 2.18 bits per heavy atom. The Morgan fingerprint density at radius 1 is 1.32 bits per heavy atom. The van der Waals surface area contributed by atoms with Crippen molar-refractivity contribution < 1.29 is 18.4 Å². The van der Waals surface area contributed by atoms with Crippen LogP contribution in [0.25, 0.3) is 10.8 Å². The fraction of sp³-hybridized carbons (Fsp3) is 0.214. The summed E-state index contributed by atoms with van der Waals surface area (Å²) >= 11 is 2.90. The summed E-state index contributed by atoms with van der Waals surface area (Å²) in [6.07, 6.45) is 0. The third-order valence-corrected chi connectivity index (χ3v) is 4.64. The molecule has 1 unspecified atom stereocenters. The van der Waals surface area contributed by atoms with Gasteiger partial charge in [-0.15, -0.1) is 21.5 Å². The number of thiophene rings is 1. The first kappa shape index (κ1) is 14.9. The summed E-state index contributed by atoms with van der Waals surface area (Å²) in [5.41, 5.74) is 0. The highest BCUT2D eigenvalue weighted by Gasteiger charge is 2.19. The first-order valence-corrected chi connectivity index (χ1v) is 8.15. The first-order chi connectivity index (χ1) is 10.7. The average molecular weight is 336 g/mol. The van der Waals surface area contributed by atoms with E-state index in [1.807, 2.05) is 24.4 Å². The van der Waals surface area contributed by atoms with Gasteiger partial charge in [0.1, 0.15) is 5.76 Å². The molecule has 6 nitrogen and oxygen atoms in total. The van der Waals surface area contributed by atoms with E-state index in [4.69, 9.17) is 8.83 Å². The minimum atomic E-state index is -0.499. The number of thioether (sulfide) groups is 1. The zero-order valence-corrected chi connectivity index (χ0v) is 13.4. The van der Waals surface area contributed by atoms with Gasteiger partial charge in [0.25, 0.3) is 11.1 Å². The quantitative estimate of drug-likeness (QED) is 0.514. The number of methoxy groups -OCH3 is 1. The molecule has 114 valence electrons. The molecule has 0 radical (unpaired) electrons. The molecule has 0 spiro atoms. The van der Waals surface area contributed by atoms with Gasteiger partial charge in [-0.25, -0.2) is 4.79 Å². The van der Waals surface area contributed by atoms with Gasteiger partial charge < -0.3 is 13.6 Å². The Hall–Kier alpha value is -2.06. The van der Waals surface area contributed by atoms with Gasteiger partial charge in [0, 0.05) is 0 Å². The van der Waals surface area contributed by atoms with Crippen LogP contribution in [0.4, 0.5) is 0 Å². The molecular weight excluding hydrogens is 324 g/mol. The van der Waals surface area contributed by atoms with E-state index >= 15 is 0 Å². The maximum Gasteiger partial charge on any atom is 0.373 e. The van der Waals surface area contributed by atoms with Gasteiger partial charge >= 0.3 is 5.97 Å². The molecule has 0 N–H and O–H groups in total.